The third-order valence-corrected chi connectivity index (χ3v) is 3.74. The monoisotopic (exact) mass is 335 g/mol. The Balaban J connectivity index is 1.62. The standard InChI is InChI=1S/C20H18FN3O/c1-23(20(25)12-9-16-7-10-18(21)11-8-16)14-17-13-22-24(15-17)19-5-3-2-4-6-19/h2-13,15H,14H2,1H3/b12-9+. The van der Waals surface area contributed by atoms with E-state index in [1.807, 2.05) is 36.5 Å². The zero-order chi connectivity index (χ0) is 17.6. The minimum Gasteiger partial charge on any atom is -0.338 e. The fraction of sp³-hybridized carbons (Fsp3) is 0.100. The molecule has 0 radical (unpaired) electrons. The van der Waals surface area contributed by atoms with E-state index in [0.717, 1.165) is 16.8 Å². The quantitative estimate of drug-likeness (QED) is 0.667. The molecule has 25 heavy (non-hydrogen) atoms. The lowest BCUT2D eigenvalue weighted by molar-refractivity contribution is -0.125. The first-order valence-electron chi connectivity index (χ1n) is 7.89. The van der Waals surface area contributed by atoms with E-state index in [2.05, 4.69) is 5.10 Å². The van der Waals surface area contributed by atoms with Crippen molar-refractivity contribution in [1.82, 2.24) is 14.7 Å². The van der Waals surface area contributed by atoms with Crippen molar-refractivity contribution in [3.63, 3.8) is 0 Å². The number of halogens is 1. The maximum Gasteiger partial charge on any atom is 0.246 e. The molecular formula is C20H18FN3O. The largest absolute Gasteiger partial charge is 0.338 e. The molecule has 0 aliphatic rings. The third-order valence-electron chi connectivity index (χ3n) is 3.74. The van der Waals surface area contributed by atoms with Crippen LogP contribution in [0.3, 0.4) is 0 Å². The van der Waals surface area contributed by atoms with Gasteiger partial charge in [0.15, 0.2) is 0 Å². The molecule has 4 nitrogen and oxygen atoms in total. The van der Waals surface area contributed by atoms with Gasteiger partial charge in [0.2, 0.25) is 5.91 Å². The highest BCUT2D eigenvalue weighted by Gasteiger charge is 2.08. The Morgan fingerprint density at radius 2 is 1.88 bits per heavy atom. The van der Waals surface area contributed by atoms with Crippen molar-refractivity contribution in [2.75, 3.05) is 7.05 Å². The number of carbonyl (C=O) groups excluding carboxylic acids is 1. The average molecular weight is 335 g/mol. The predicted octanol–water partition coefficient (Wildman–Crippen LogP) is 3.68. The van der Waals surface area contributed by atoms with E-state index < -0.39 is 0 Å². The number of para-hydroxylation sites is 1. The van der Waals surface area contributed by atoms with Gasteiger partial charge in [0.05, 0.1) is 11.9 Å². The van der Waals surface area contributed by atoms with Crippen LogP contribution in [0.1, 0.15) is 11.1 Å². The van der Waals surface area contributed by atoms with Crippen molar-refractivity contribution < 1.29 is 9.18 Å². The molecule has 0 atom stereocenters. The van der Waals surface area contributed by atoms with Gasteiger partial charge in [-0.25, -0.2) is 9.07 Å². The molecule has 1 heterocycles. The SMILES string of the molecule is CN(Cc1cnn(-c2ccccc2)c1)C(=O)/C=C/c1ccc(F)cc1. The van der Waals surface area contributed by atoms with Crippen molar-refractivity contribution >= 4 is 12.0 Å². The van der Waals surface area contributed by atoms with Crippen LogP contribution in [0.4, 0.5) is 4.39 Å². The smallest absolute Gasteiger partial charge is 0.246 e. The number of likely N-dealkylation sites (N-methyl/N-ethyl adjacent to an activating group) is 1. The van der Waals surface area contributed by atoms with Gasteiger partial charge in [-0.3, -0.25) is 4.79 Å². The number of nitrogens with zero attached hydrogens (tertiary/aromatic N) is 3. The van der Waals surface area contributed by atoms with Gasteiger partial charge in [-0.15, -0.1) is 0 Å². The molecule has 0 saturated heterocycles. The molecule has 1 aromatic heterocycles. The highest BCUT2D eigenvalue weighted by Crippen LogP contribution is 2.10. The van der Waals surface area contributed by atoms with Crippen LogP contribution >= 0.6 is 0 Å². The second-order valence-electron chi connectivity index (χ2n) is 5.71. The van der Waals surface area contributed by atoms with Crippen molar-refractivity contribution in [2.24, 2.45) is 0 Å². The van der Waals surface area contributed by atoms with Gasteiger partial charge < -0.3 is 4.90 Å². The van der Waals surface area contributed by atoms with Gasteiger partial charge in [-0.2, -0.15) is 5.10 Å². The lowest BCUT2D eigenvalue weighted by Crippen LogP contribution is -2.23. The first-order chi connectivity index (χ1) is 12.1. The molecule has 0 N–H and O–H groups in total. The summed E-state index contributed by atoms with van der Waals surface area (Å²) in [5.41, 5.74) is 2.69. The number of hydrogen-bond acceptors (Lipinski definition) is 2. The molecule has 0 aliphatic heterocycles. The summed E-state index contributed by atoms with van der Waals surface area (Å²) in [7, 11) is 1.73. The van der Waals surface area contributed by atoms with Crippen LogP contribution in [0.5, 0.6) is 0 Å². The summed E-state index contributed by atoms with van der Waals surface area (Å²) in [6, 6.07) is 15.8. The second kappa shape index (κ2) is 7.57. The summed E-state index contributed by atoms with van der Waals surface area (Å²) in [6.45, 7) is 0.458. The van der Waals surface area contributed by atoms with Crippen LogP contribution in [0.25, 0.3) is 11.8 Å². The third kappa shape index (κ3) is 4.41. The highest BCUT2D eigenvalue weighted by atomic mass is 19.1. The topological polar surface area (TPSA) is 38.1 Å². The normalized spacial score (nSPS) is 11.0. The van der Waals surface area contributed by atoms with Crippen LogP contribution in [0.15, 0.2) is 73.1 Å². The summed E-state index contributed by atoms with van der Waals surface area (Å²) in [5, 5.41) is 4.33. The Morgan fingerprint density at radius 1 is 1.16 bits per heavy atom. The van der Waals surface area contributed by atoms with Gasteiger partial charge in [0.1, 0.15) is 5.82 Å². The second-order valence-corrected chi connectivity index (χ2v) is 5.71. The highest BCUT2D eigenvalue weighted by molar-refractivity contribution is 5.91. The van der Waals surface area contributed by atoms with Crippen LogP contribution in [0, 0.1) is 5.82 Å². The maximum absolute atomic E-state index is 12.9. The van der Waals surface area contributed by atoms with Gasteiger partial charge in [-0.1, -0.05) is 30.3 Å². The molecule has 0 fully saturated rings. The molecule has 0 unspecified atom stereocenters. The molecule has 3 rings (SSSR count). The van der Waals surface area contributed by atoms with E-state index in [1.54, 1.807) is 41.0 Å². The summed E-state index contributed by atoms with van der Waals surface area (Å²) in [5.74, 6) is -0.423. The number of carbonyl (C=O) groups is 1. The first-order valence-corrected chi connectivity index (χ1v) is 7.89. The fourth-order valence-corrected chi connectivity index (χ4v) is 2.38. The zero-order valence-electron chi connectivity index (χ0n) is 13.8. The minimum atomic E-state index is -0.295. The van der Waals surface area contributed by atoms with Crippen molar-refractivity contribution in [1.29, 1.82) is 0 Å². The van der Waals surface area contributed by atoms with E-state index in [0.29, 0.717) is 6.54 Å². The summed E-state index contributed by atoms with van der Waals surface area (Å²) < 4.78 is 14.7. The predicted molar refractivity (Wildman–Crippen MR) is 95.5 cm³/mol. The molecule has 0 bridgehead atoms. The van der Waals surface area contributed by atoms with Crippen LogP contribution in [-0.4, -0.2) is 27.6 Å². The molecule has 126 valence electrons. The molecule has 0 aliphatic carbocycles. The molecule has 0 spiro atoms. The molecule has 5 heteroatoms. The molecule has 3 aromatic rings. The fourth-order valence-electron chi connectivity index (χ4n) is 2.38. The zero-order valence-corrected chi connectivity index (χ0v) is 13.8. The van der Waals surface area contributed by atoms with E-state index in [4.69, 9.17) is 0 Å². The lowest BCUT2D eigenvalue weighted by Gasteiger charge is -2.13. The average Bonchev–Trinajstić information content (AvgIpc) is 3.10. The number of benzene rings is 2. The Kier molecular flexibility index (Phi) is 5.04. The minimum absolute atomic E-state index is 0.128. The number of amides is 1. The van der Waals surface area contributed by atoms with Gasteiger partial charge >= 0.3 is 0 Å². The molecule has 1 amide bonds. The van der Waals surface area contributed by atoms with Gasteiger partial charge in [-0.05, 0) is 35.9 Å². The molecular weight excluding hydrogens is 317 g/mol. The maximum atomic E-state index is 12.9. The molecule has 0 saturated carbocycles. The van der Waals surface area contributed by atoms with E-state index in [1.165, 1.54) is 18.2 Å². The van der Waals surface area contributed by atoms with Crippen LogP contribution in [0.2, 0.25) is 0 Å². The van der Waals surface area contributed by atoms with Crippen LogP contribution < -0.4 is 0 Å². The first kappa shape index (κ1) is 16.6. The Bertz CT molecular complexity index is 869. The molecule has 2 aromatic carbocycles. The summed E-state index contributed by atoms with van der Waals surface area (Å²) in [4.78, 5) is 13.8. The Hall–Kier alpha value is -3.21. The summed E-state index contributed by atoms with van der Waals surface area (Å²) in [6.07, 6.45) is 6.81. The van der Waals surface area contributed by atoms with Crippen molar-refractivity contribution in [3.05, 3.63) is 90.0 Å². The van der Waals surface area contributed by atoms with Crippen LogP contribution in [-0.2, 0) is 11.3 Å². The van der Waals surface area contributed by atoms with E-state index in [9.17, 15) is 9.18 Å². The van der Waals surface area contributed by atoms with Crippen molar-refractivity contribution in [2.45, 2.75) is 6.54 Å². The Labute approximate surface area is 145 Å². The van der Waals surface area contributed by atoms with Gasteiger partial charge in [0, 0.05) is 31.4 Å². The summed E-state index contributed by atoms with van der Waals surface area (Å²) >= 11 is 0. The van der Waals surface area contributed by atoms with Crippen molar-refractivity contribution in [3.8, 4) is 5.69 Å². The number of aromatic nitrogens is 2. The lowest BCUT2D eigenvalue weighted by atomic mass is 10.2. The Morgan fingerprint density at radius 3 is 2.60 bits per heavy atom. The van der Waals surface area contributed by atoms with E-state index >= 15 is 0 Å². The number of rotatable bonds is 5. The van der Waals surface area contributed by atoms with Gasteiger partial charge in [0.25, 0.3) is 0 Å². The van der Waals surface area contributed by atoms with E-state index in [-0.39, 0.29) is 11.7 Å². The number of hydrogen-bond donors (Lipinski definition) is 0.